The van der Waals surface area contributed by atoms with E-state index in [9.17, 15) is 4.79 Å². The predicted octanol–water partition coefficient (Wildman–Crippen LogP) is 1.13. The third-order valence-electron chi connectivity index (χ3n) is 4.10. The van der Waals surface area contributed by atoms with E-state index in [1.165, 1.54) is 12.8 Å². The summed E-state index contributed by atoms with van der Waals surface area (Å²) in [7, 11) is 2.09. The molecule has 0 aromatic rings. The van der Waals surface area contributed by atoms with Crippen molar-refractivity contribution in [3.63, 3.8) is 0 Å². The van der Waals surface area contributed by atoms with Crippen molar-refractivity contribution in [3.05, 3.63) is 12.7 Å². The normalized spacial score (nSPS) is 27.5. The van der Waals surface area contributed by atoms with E-state index in [1.54, 1.807) is 0 Å². The molecule has 4 nitrogen and oxygen atoms in total. The van der Waals surface area contributed by atoms with Crippen molar-refractivity contribution in [1.82, 2.24) is 15.1 Å². The monoisotopic (exact) mass is 287 g/mol. The lowest BCUT2D eigenvalue weighted by molar-refractivity contribution is -0.131. The molecule has 2 aliphatic heterocycles. The number of nitrogens with one attached hydrogen (secondary N) is 1. The molecule has 2 fully saturated rings. The molecule has 0 aromatic heterocycles. The van der Waals surface area contributed by atoms with Crippen LogP contribution in [0.3, 0.4) is 0 Å². The maximum absolute atomic E-state index is 12.2. The highest BCUT2D eigenvalue weighted by atomic mass is 35.5. The van der Waals surface area contributed by atoms with Gasteiger partial charge in [-0.05, 0) is 45.3 Å². The molecule has 0 bridgehead atoms. The van der Waals surface area contributed by atoms with Crippen LogP contribution in [0.4, 0.5) is 0 Å². The summed E-state index contributed by atoms with van der Waals surface area (Å²) in [6, 6.07) is 0.0897. The van der Waals surface area contributed by atoms with Gasteiger partial charge in [0, 0.05) is 19.6 Å². The van der Waals surface area contributed by atoms with E-state index in [4.69, 9.17) is 0 Å². The molecule has 0 saturated carbocycles. The number of carbonyl (C=O) groups excluding carboxylic acids is 1. The Morgan fingerprint density at radius 1 is 1.53 bits per heavy atom. The number of hydrogen-bond acceptors (Lipinski definition) is 3. The minimum absolute atomic E-state index is 0. The first-order chi connectivity index (χ1) is 8.72. The Balaban J connectivity index is 0.00000180. The van der Waals surface area contributed by atoms with E-state index >= 15 is 0 Å². The molecule has 0 aromatic carbocycles. The van der Waals surface area contributed by atoms with Crippen LogP contribution in [0.15, 0.2) is 12.7 Å². The molecule has 2 saturated heterocycles. The highest BCUT2D eigenvalue weighted by Gasteiger charge is 2.34. The van der Waals surface area contributed by atoms with E-state index < -0.39 is 0 Å². The Morgan fingerprint density at radius 2 is 2.32 bits per heavy atom. The van der Waals surface area contributed by atoms with Crippen LogP contribution < -0.4 is 5.32 Å². The minimum Gasteiger partial charge on any atom is -0.338 e. The second-order valence-corrected chi connectivity index (χ2v) is 5.53. The van der Waals surface area contributed by atoms with Crippen molar-refractivity contribution >= 4 is 18.3 Å². The Hall–Kier alpha value is -0.580. The van der Waals surface area contributed by atoms with Gasteiger partial charge in [0.1, 0.15) is 0 Å². The first-order valence-corrected chi connectivity index (χ1v) is 7.03. The van der Waals surface area contributed by atoms with E-state index in [1.807, 2.05) is 11.0 Å². The number of likely N-dealkylation sites (N-methyl/N-ethyl adjacent to an activating group) is 1. The number of nitrogens with zero attached hydrogens (tertiary/aromatic N) is 2. The quantitative estimate of drug-likeness (QED) is 0.770. The highest BCUT2D eigenvalue weighted by molar-refractivity contribution is 5.85. The standard InChI is InChI=1S/C14H25N3O.ClH/c1-3-8-17-9-6-13(14(17)18)16(2)11-12-5-4-7-15-10-12;/h3,12-13,15H,1,4-11H2,2H3;1H. The van der Waals surface area contributed by atoms with Crippen LogP contribution in [0.2, 0.25) is 0 Å². The van der Waals surface area contributed by atoms with Crippen molar-refractivity contribution < 1.29 is 4.79 Å². The van der Waals surface area contributed by atoms with E-state index in [0.29, 0.717) is 12.5 Å². The zero-order valence-corrected chi connectivity index (χ0v) is 12.6. The summed E-state index contributed by atoms with van der Waals surface area (Å²) in [6.45, 7) is 8.55. The smallest absolute Gasteiger partial charge is 0.240 e. The Kier molecular flexibility index (Phi) is 6.83. The lowest BCUT2D eigenvalue weighted by Gasteiger charge is -2.30. The molecule has 0 radical (unpaired) electrons. The summed E-state index contributed by atoms with van der Waals surface area (Å²) in [5.41, 5.74) is 0. The molecular weight excluding hydrogens is 262 g/mol. The minimum atomic E-state index is 0. The molecule has 2 atom stereocenters. The van der Waals surface area contributed by atoms with Crippen LogP contribution in [0.25, 0.3) is 0 Å². The molecule has 0 spiro atoms. The first-order valence-electron chi connectivity index (χ1n) is 7.03. The van der Waals surface area contributed by atoms with E-state index in [0.717, 1.165) is 32.6 Å². The third kappa shape index (κ3) is 4.20. The topological polar surface area (TPSA) is 35.6 Å². The van der Waals surface area contributed by atoms with Gasteiger partial charge in [-0.1, -0.05) is 6.08 Å². The largest absolute Gasteiger partial charge is 0.338 e. The number of carbonyl (C=O) groups is 1. The second-order valence-electron chi connectivity index (χ2n) is 5.53. The Morgan fingerprint density at radius 3 is 2.95 bits per heavy atom. The lowest BCUT2D eigenvalue weighted by atomic mass is 9.98. The maximum atomic E-state index is 12.2. The number of amides is 1. The van der Waals surface area contributed by atoms with Gasteiger partial charge in [0.2, 0.25) is 5.91 Å². The van der Waals surface area contributed by atoms with Crippen LogP contribution in [-0.4, -0.2) is 61.5 Å². The fourth-order valence-electron chi connectivity index (χ4n) is 3.08. The number of piperidine rings is 1. The van der Waals surface area contributed by atoms with Crippen LogP contribution in [0.1, 0.15) is 19.3 Å². The second kappa shape index (κ2) is 7.88. The SMILES string of the molecule is C=CCN1CCC(N(C)CC2CCCNC2)C1=O.Cl. The molecule has 19 heavy (non-hydrogen) atoms. The Labute approximate surface area is 122 Å². The van der Waals surface area contributed by atoms with Gasteiger partial charge >= 0.3 is 0 Å². The zero-order chi connectivity index (χ0) is 13.0. The van der Waals surface area contributed by atoms with Gasteiger partial charge in [0.05, 0.1) is 6.04 Å². The summed E-state index contributed by atoms with van der Waals surface area (Å²) in [5.74, 6) is 0.978. The molecular formula is C14H26ClN3O. The molecule has 2 aliphatic rings. The van der Waals surface area contributed by atoms with E-state index in [2.05, 4.69) is 23.8 Å². The van der Waals surface area contributed by atoms with Gasteiger partial charge in [-0.2, -0.15) is 0 Å². The van der Waals surface area contributed by atoms with Gasteiger partial charge < -0.3 is 10.2 Å². The van der Waals surface area contributed by atoms with Crippen molar-refractivity contribution in [1.29, 1.82) is 0 Å². The summed E-state index contributed by atoms with van der Waals surface area (Å²) in [6.07, 6.45) is 5.32. The number of likely N-dealkylation sites (tertiary alicyclic amines) is 1. The third-order valence-corrected chi connectivity index (χ3v) is 4.10. The molecule has 2 unspecified atom stereocenters. The van der Waals surface area contributed by atoms with Gasteiger partial charge in [-0.25, -0.2) is 0 Å². The van der Waals surface area contributed by atoms with Crippen LogP contribution in [0.5, 0.6) is 0 Å². The molecule has 110 valence electrons. The van der Waals surface area contributed by atoms with Crippen molar-refractivity contribution in [3.8, 4) is 0 Å². The lowest BCUT2D eigenvalue weighted by Crippen LogP contribution is -2.44. The summed E-state index contributed by atoms with van der Waals surface area (Å²) in [5, 5.41) is 3.44. The molecule has 1 amide bonds. The van der Waals surface area contributed by atoms with Gasteiger partial charge in [0.15, 0.2) is 0 Å². The molecule has 1 N–H and O–H groups in total. The van der Waals surface area contributed by atoms with Crippen molar-refractivity contribution in [2.24, 2.45) is 5.92 Å². The van der Waals surface area contributed by atoms with Crippen LogP contribution in [-0.2, 0) is 4.79 Å². The van der Waals surface area contributed by atoms with E-state index in [-0.39, 0.29) is 24.4 Å². The number of halogens is 1. The summed E-state index contributed by atoms with van der Waals surface area (Å²) in [4.78, 5) is 16.4. The van der Waals surface area contributed by atoms with Crippen LogP contribution >= 0.6 is 12.4 Å². The fourth-order valence-corrected chi connectivity index (χ4v) is 3.08. The van der Waals surface area contributed by atoms with Gasteiger partial charge in [0.25, 0.3) is 0 Å². The van der Waals surface area contributed by atoms with Gasteiger partial charge in [-0.15, -0.1) is 19.0 Å². The van der Waals surface area contributed by atoms with Crippen molar-refractivity contribution in [2.45, 2.75) is 25.3 Å². The molecule has 2 heterocycles. The number of rotatable bonds is 5. The number of hydrogen-bond donors (Lipinski definition) is 1. The molecule has 5 heteroatoms. The average molecular weight is 288 g/mol. The fraction of sp³-hybridized carbons (Fsp3) is 0.786. The highest BCUT2D eigenvalue weighted by Crippen LogP contribution is 2.19. The van der Waals surface area contributed by atoms with Crippen LogP contribution in [0, 0.1) is 5.92 Å². The summed E-state index contributed by atoms with van der Waals surface area (Å²) >= 11 is 0. The Bertz CT molecular complexity index is 305. The first kappa shape index (κ1) is 16.5. The predicted molar refractivity (Wildman–Crippen MR) is 80.7 cm³/mol. The maximum Gasteiger partial charge on any atom is 0.240 e. The average Bonchev–Trinajstić information content (AvgIpc) is 2.73. The van der Waals surface area contributed by atoms with Gasteiger partial charge in [-0.3, -0.25) is 9.69 Å². The molecule has 2 rings (SSSR count). The van der Waals surface area contributed by atoms with Crippen molar-refractivity contribution in [2.75, 3.05) is 39.8 Å². The zero-order valence-electron chi connectivity index (χ0n) is 11.8. The summed E-state index contributed by atoms with van der Waals surface area (Å²) < 4.78 is 0. The molecule has 0 aliphatic carbocycles.